The lowest BCUT2D eigenvalue weighted by atomic mass is 9.46. The fourth-order valence-corrected chi connectivity index (χ4v) is 15.0. The highest BCUT2D eigenvalue weighted by Crippen LogP contribution is 2.65. The Morgan fingerprint density at radius 2 is 1.01 bits per heavy atom. The Labute approximate surface area is 402 Å². The van der Waals surface area contributed by atoms with Crippen molar-refractivity contribution in [1.82, 2.24) is 4.57 Å². The zero-order valence-corrected chi connectivity index (χ0v) is 39.4. The first kappa shape index (κ1) is 39.9. The van der Waals surface area contributed by atoms with Crippen molar-refractivity contribution in [1.29, 1.82) is 0 Å². The van der Waals surface area contributed by atoms with Crippen LogP contribution in [0.3, 0.4) is 0 Å². The number of anilines is 3. The average Bonchev–Trinajstić information content (AvgIpc) is 3.94. The highest BCUT2D eigenvalue weighted by molar-refractivity contribution is 7.25. The standard InChI is InChI=1S/C65H52N2S/c1-41-37-46-39-42(2)40-47(38-41)65(46)55-22-10-12-24-58(55)67-57-23-11-8-19-53(57)63-59(36-35-56(65)64(63)67)66(48-31-27-44(28-32-48)43-15-4-3-5-16-43)49-33-29-45(30-34-49)50-17-6-7-18-51(50)52-21-14-26-61-62(52)54-20-9-13-25-60(54)68-61/h3-36,41-42,46-47H,37-40H2,1-2H3. The van der Waals surface area contributed by atoms with Gasteiger partial charge in [0.15, 0.2) is 0 Å². The van der Waals surface area contributed by atoms with Crippen LogP contribution in [0.15, 0.2) is 206 Å². The van der Waals surface area contributed by atoms with Crippen LogP contribution in [0.5, 0.6) is 0 Å². The minimum atomic E-state index is -0.0202. The summed E-state index contributed by atoms with van der Waals surface area (Å²) in [6.45, 7) is 5.04. The van der Waals surface area contributed by atoms with Crippen molar-refractivity contribution in [3.63, 3.8) is 0 Å². The van der Waals surface area contributed by atoms with Crippen molar-refractivity contribution >= 4 is 70.4 Å². The maximum Gasteiger partial charge on any atom is 0.0603 e. The molecule has 0 radical (unpaired) electrons. The predicted octanol–water partition coefficient (Wildman–Crippen LogP) is 18.3. The Kier molecular flexibility index (Phi) is 9.05. The second kappa shape index (κ2) is 15.4. The van der Waals surface area contributed by atoms with Crippen molar-refractivity contribution < 1.29 is 0 Å². The largest absolute Gasteiger partial charge is 0.310 e. The van der Waals surface area contributed by atoms with Gasteiger partial charge in [-0.25, -0.2) is 0 Å². The molecular weight excluding hydrogens is 841 g/mol. The van der Waals surface area contributed by atoms with Crippen molar-refractivity contribution in [3.05, 3.63) is 217 Å². The molecule has 11 aromatic rings. The fraction of sp³-hybridized carbons (Fsp3) is 0.169. The normalized spacial score (nSPS) is 20.6. The molecule has 0 amide bonds. The number of hydrogen-bond acceptors (Lipinski definition) is 2. The second-order valence-corrected chi connectivity index (χ2v) is 21.3. The van der Waals surface area contributed by atoms with E-state index in [-0.39, 0.29) is 5.41 Å². The van der Waals surface area contributed by atoms with Crippen LogP contribution in [0.25, 0.3) is 81.0 Å². The molecule has 1 spiro atoms. The highest BCUT2D eigenvalue weighted by Gasteiger charge is 2.57. The van der Waals surface area contributed by atoms with Gasteiger partial charge in [-0.1, -0.05) is 166 Å². The lowest BCUT2D eigenvalue weighted by molar-refractivity contribution is 0.0271. The average molecular weight is 893 g/mol. The van der Waals surface area contributed by atoms with Crippen LogP contribution in [0.4, 0.5) is 17.1 Å². The smallest absolute Gasteiger partial charge is 0.0603 e. The van der Waals surface area contributed by atoms with Gasteiger partial charge < -0.3 is 9.47 Å². The monoisotopic (exact) mass is 892 g/mol. The zero-order chi connectivity index (χ0) is 45.1. The van der Waals surface area contributed by atoms with Crippen molar-refractivity contribution in [2.45, 2.75) is 44.9 Å². The van der Waals surface area contributed by atoms with E-state index in [2.05, 4.69) is 230 Å². The first-order valence-electron chi connectivity index (χ1n) is 24.8. The molecule has 2 fully saturated rings. The molecule has 3 heterocycles. The van der Waals surface area contributed by atoms with Crippen LogP contribution in [-0.4, -0.2) is 4.57 Å². The lowest BCUT2D eigenvalue weighted by Gasteiger charge is -2.59. The third-order valence-corrected chi connectivity index (χ3v) is 17.5. The van der Waals surface area contributed by atoms with Gasteiger partial charge in [0, 0.05) is 47.7 Å². The number of nitrogens with zero attached hydrogens (tertiary/aromatic N) is 2. The van der Waals surface area contributed by atoms with Crippen LogP contribution < -0.4 is 4.90 Å². The summed E-state index contributed by atoms with van der Waals surface area (Å²) < 4.78 is 5.30. The Balaban J connectivity index is 0.985. The topological polar surface area (TPSA) is 8.17 Å². The first-order valence-corrected chi connectivity index (χ1v) is 25.6. The molecule has 3 aliphatic rings. The van der Waals surface area contributed by atoms with E-state index in [9.17, 15) is 0 Å². The number of para-hydroxylation sites is 2. The second-order valence-electron chi connectivity index (χ2n) is 20.3. The van der Waals surface area contributed by atoms with Gasteiger partial charge in [-0.3, -0.25) is 0 Å². The van der Waals surface area contributed by atoms with Crippen molar-refractivity contribution in [2.75, 3.05) is 4.90 Å². The summed E-state index contributed by atoms with van der Waals surface area (Å²) in [6, 6.07) is 77.8. The Morgan fingerprint density at radius 3 is 1.76 bits per heavy atom. The quantitative estimate of drug-likeness (QED) is 0.161. The number of fused-ring (bicyclic) bond motifs is 8. The molecule has 3 heteroatoms. The van der Waals surface area contributed by atoms with Crippen LogP contribution in [0.1, 0.15) is 50.7 Å². The van der Waals surface area contributed by atoms with Gasteiger partial charge in [0.05, 0.1) is 22.4 Å². The lowest BCUT2D eigenvalue weighted by Crippen LogP contribution is -2.53. The van der Waals surface area contributed by atoms with E-state index in [1.54, 1.807) is 11.1 Å². The number of thiophene rings is 1. The van der Waals surface area contributed by atoms with Gasteiger partial charge in [0.1, 0.15) is 0 Å². The Hall–Kier alpha value is -7.20. The van der Waals surface area contributed by atoms with Crippen LogP contribution in [0, 0.1) is 23.7 Å². The molecule has 328 valence electrons. The summed E-state index contributed by atoms with van der Waals surface area (Å²) in [7, 11) is 0. The van der Waals surface area contributed by atoms with Crippen LogP contribution in [0.2, 0.25) is 0 Å². The van der Waals surface area contributed by atoms with E-state index in [4.69, 9.17) is 0 Å². The summed E-state index contributed by atoms with van der Waals surface area (Å²) in [5, 5.41) is 5.31. The Bertz CT molecular complexity index is 3710. The molecule has 68 heavy (non-hydrogen) atoms. The van der Waals surface area contributed by atoms with E-state index in [0.717, 1.165) is 23.2 Å². The molecule has 0 atom stereocenters. The number of hydrogen-bond donors (Lipinski definition) is 0. The highest BCUT2D eigenvalue weighted by atomic mass is 32.1. The number of rotatable bonds is 6. The van der Waals surface area contributed by atoms with Gasteiger partial charge in [0.25, 0.3) is 0 Å². The molecule has 0 saturated heterocycles. The molecule has 2 saturated carbocycles. The maximum absolute atomic E-state index is 2.65. The molecule has 1 aliphatic heterocycles. The first-order chi connectivity index (χ1) is 33.5. The molecule has 9 aromatic carbocycles. The Morgan fingerprint density at radius 1 is 0.441 bits per heavy atom. The number of aromatic nitrogens is 1. The molecule has 0 N–H and O–H groups in total. The van der Waals surface area contributed by atoms with E-state index in [1.165, 1.54) is 112 Å². The van der Waals surface area contributed by atoms with Crippen molar-refractivity contribution in [3.8, 4) is 39.1 Å². The SMILES string of the molecule is CC1CC2CC(C)CC(C1)C21c2ccccc2-n2c3ccccc3c3c(N(c4ccc(-c5ccccc5)cc4)c4ccc(-c5ccccc5-c5cccc6sc7ccccc7c56)cc4)ccc1c32. The molecule has 2 aromatic heterocycles. The van der Waals surface area contributed by atoms with Gasteiger partial charge >= 0.3 is 0 Å². The van der Waals surface area contributed by atoms with Gasteiger partial charge in [-0.15, -0.1) is 11.3 Å². The number of benzene rings is 9. The molecule has 2 bridgehead atoms. The third kappa shape index (κ3) is 5.81. The zero-order valence-electron chi connectivity index (χ0n) is 38.6. The summed E-state index contributed by atoms with van der Waals surface area (Å²) in [6.07, 6.45) is 5.14. The summed E-state index contributed by atoms with van der Waals surface area (Å²) in [5.41, 5.74) is 18.0. The van der Waals surface area contributed by atoms with E-state index in [0.29, 0.717) is 11.8 Å². The minimum Gasteiger partial charge on any atom is -0.310 e. The van der Waals surface area contributed by atoms with E-state index >= 15 is 0 Å². The molecule has 2 aliphatic carbocycles. The molecular formula is C65H52N2S. The predicted molar refractivity (Wildman–Crippen MR) is 289 cm³/mol. The maximum atomic E-state index is 2.65. The van der Waals surface area contributed by atoms with E-state index in [1.807, 2.05) is 11.3 Å². The van der Waals surface area contributed by atoms with E-state index < -0.39 is 0 Å². The molecule has 14 rings (SSSR count). The molecule has 0 unspecified atom stereocenters. The third-order valence-electron chi connectivity index (χ3n) is 16.4. The van der Waals surface area contributed by atoms with Crippen molar-refractivity contribution in [2.24, 2.45) is 23.7 Å². The van der Waals surface area contributed by atoms with Gasteiger partial charge in [0.2, 0.25) is 0 Å². The minimum absolute atomic E-state index is 0.0202. The van der Waals surface area contributed by atoms with Gasteiger partial charge in [-0.2, -0.15) is 0 Å². The van der Waals surface area contributed by atoms with Crippen LogP contribution >= 0.6 is 11.3 Å². The summed E-state index contributed by atoms with van der Waals surface area (Å²) >= 11 is 1.88. The molecule has 2 nitrogen and oxygen atoms in total. The fourth-order valence-electron chi connectivity index (χ4n) is 13.9. The van der Waals surface area contributed by atoms with Crippen LogP contribution in [-0.2, 0) is 5.41 Å². The van der Waals surface area contributed by atoms with Gasteiger partial charge in [-0.05, 0) is 148 Å². The summed E-state index contributed by atoms with van der Waals surface area (Å²) in [4.78, 5) is 2.54. The summed E-state index contributed by atoms with van der Waals surface area (Å²) in [5.74, 6) is 2.69.